The lowest BCUT2D eigenvalue weighted by atomic mass is 10.1. The summed E-state index contributed by atoms with van der Waals surface area (Å²) >= 11 is 0. The van der Waals surface area contributed by atoms with Crippen LogP contribution in [0.5, 0.6) is 0 Å². The first-order chi connectivity index (χ1) is 15.5. The minimum Gasteiger partial charge on any atom is -0.360 e. The predicted molar refractivity (Wildman–Crippen MR) is 120 cm³/mol. The molecule has 162 valence electrons. The molecule has 2 heterocycles. The lowest BCUT2D eigenvalue weighted by Crippen LogP contribution is -2.51. The SMILES string of the molecule is N#Cc1ccc(CN2CCN(C(=O)CNC(=O)c3c[nH]c4ccccc4c3=O)CC2)cc1. The summed E-state index contributed by atoms with van der Waals surface area (Å²) in [6.45, 7) is 3.20. The van der Waals surface area contributed by atoms with Crippen molar-refractivity contribution in [1.82, 2.24) is 20.1 Å². The fourth-order valence-electron chi connectivity index (χ4n) is 3.80. The van der Waals surface area contributed by atoms with Gasteiger partial charge in [-0.3, -0.25) is 19.3 Å². The number of hydrogen-bond donors (Lipinski definition) is 2. The van der Waals surface area contributed by atoms with E-state index in [-0.39, 0.29) is 23.4 Å². The van der Waals surface area contributed by atoms with Crippen molar-refractivity contribution >= 4 is 22.7 Å². The predicted octanol–water partition coefficient (Wildman–Crippen LogP) is 1.47. The number of fused-ring (bicyclic) bond motifs is 1. The van der Waals surface area contributed by atoms with Gasteiger partial charge in [-0.15, -0.1) is 0 Å². The fourth-order valence-corrected chi connectivity index (χ4v) is 3.80. The lowest BCUT2D eigenvalue weighted by Gasteiger charge is -2.34. The van der Waals surface area contributed by atoms with Gasteiger partial charge in [-0.05, 0) is 29.8 Å². The molecule has 8 heteroatoms. The molecule has 8 nitrogen and oxygen atoms in total. The van der Waals surface area contributed by atoms with Gasteiger partial charge in [-0.2, -0.15) is 5.26 Å². The highest BCUT2D eigenvalue weighted by atomic mass is 16.2. The summed E-state index contributed by atoms with van der Waals surface area (Å²) in [5.41, 5.74) is 2.04. The molecule has 2 amide bonds. The van der Waals surface area contributed by atoms with Crippen molar-refractivity contribution in [2.45, 2.75) is 6.54 Å². The van der Waals surface area contributed by atoms with Crippen LogP contribution >= 0.6 is 0 Å². The Morgan fingerprint density at radius 1 is 1.03 bits per heavy atom. The maximum absolute atomic E-state index is 12.5. The number of nitrogens with one attached hydrogen (secondary N) is 2. The molecule has 1 fully saturated rings. The molecule has 2 N–H and O–H groups in total. The Balaban J connectivity index is 1.28. The van der Waals surface area contributed by atoms with E-state index in [2.05, 4.69) is 21.3 Å². The van der Waals surface area contributed by atoms with Crippen LogP contribution in [0.1, 0.15) is 21.5 Å². The molecule has 3 aromatic rings. The van der Waals surface area contributed by atoms with Crippen molar-refractivity contribution in [3.05, 3.63) is 81.6 Å². The molecule has 1 aromatic heterocycles. The molecule has 1 saturated heterocycles. The molecular weight excluding hydrogens is 406 g/mol. The third-order valence-corrected chi connectivity index (χ3v) is 5.65. The van der Waals surface area contributed by atoms with Crippen LogP contribution < -0.4 is 10.7 Å². The van der Waals surface area contributed by atoms with E-state index in [1.54, 1.807) is 41.3 Å². The minimum atomic E-state index is -0.565. The molecular formula is C24H23N5O3. The summed E-state index contributed by atoms with van der Waals surface area (Å²) < 4.78 is 0. The van der Waals surface area contributed by atoms with Crippen LogP contribution in [0.15, 0.2) is 59.5 Å². The van der Waals surface area contributed by atoms with Crippen LogP contribution in [0.2, 0.25) is 0 Å². The molecule has 0 unspecified atom stereocenters. The number of rotatable bonds is 5. The van der Waals surface area contributed by atoms with E-state index in [4.69, 9.17) is 5.26 Å². The van der Waals surface area contributed by atoms with E-state index in [0.29, 0.717) is 29.6 Å². The van der Waals surface area contributed by atoms with Gasteiger partial charge in [0.15, 0.2) is 0 Å². The Morgan fingerprint density at radius 3 is 2.47 bits per heavy atom. The number of amides is 2. The van der Waals surface area contributed by atoms with E-state index >= 15 is 0 Å². The van der Waals surface area contributed by atoms with Crippen LogP contribution in [-0.2, 0) is 11.3 Å². The van der Waals surface area contributed by atoms with Gasteiger partial charge in [0, 0.05) is 49.8 Å². The van der Waals surface area contributed by atoms with Gasteiger partial charge in [0.2, 0.25) is 11.3 Å². The third-order valence-electron chi connectivity index (χ3n) is 5.65. The first kappa shape index (κ1) is 21.3. The number of benzene rings is 2. The topological polar surface area (TPSA) is 109 Å². The molecule has 2 aromatic carbocycles. The summed E-state index contributed by atoms with van der Waals surface area (Å²) in [5.74, 6) is -0.738. The zero-order valence-corrected chi connectivity index (χ0v) is 17.5. The largest absolute Gasteiger partial charge is 0.360 e. The van der Waals surface area contributed by atoms with E-state index in [1.807, 2.05) is 12.1 Å². The summed E-state index contributed by atoms with van der Waals surface area (Å²) in [6, 6.07) is 16.6. The normalized spacial score (nSPS) is 14.2. The van der Waals surface area contributed by atoms with Crippen LogP contribution in [0.4, 0.5) is 0 Å². The lowest BCUT2D eigenvalue weighted by molar-refractivity contribution is -0.131. The number of hydrogen-bond acceptors (Lipinski definition) is 5. The highest BCUT2D eigenvalue weighted by Crippen LogP contribution is 2.10. The van der Waals surface area contributed by atoms with Crippen molar-refractivity contribution in [2.24, 2.45) is 0 Å². The molecule has 32 heavy (non-hydrogen) atoms. The number of aromatic nitrogens is 1. The van der Waals surface area contributed by atoms with E-state index < -0.39 is 5.91 Å². The van der Waals surface area contributed by atoms with Crippen molar-refractivity contribution in [3.63, 3.8) is 0 Å². The molecule has 0 radical (unpaired) electrons. The highest BCUT2D eigenvalue weighted by Gasteiger charge is 2.22. The minimum absolute atomic E-state index is 0.0104. The van der Waals surface area contributed by atoms with Gasteiger partial charge in [0.25, 0.3) is 5.91 Å². The maximum atomic E-state index is 12.5. The van der Waals surface area contributed by atoms with Gasteiger partial charge in [0.05, 0.1) is 18.2 Å². The average molecular weight is 429 g/mol. The molecule has 0 atom stereocenters. The summed E-state index contributed by atoms with van der Waals surface area (Å²) in [4.78, 5) is 44.5. The van der Waals surface area contributed by atoms with Crippen molar-refractivity contribution in [1.29, 1.82) is 5.26 Å². The number of pyridine rings is 1. The van der Waals surface area contributed by atoms with Crippen LogP contribution in [0.3, 0.4) is 0 Å². The van der Waals surface area contributed by atoms with E-state index in [0.717, 1.165) is 25.2 Å². The third kappa shape index (κ3) is 4.68. The average Bonchev–Trinajstić information content (AvgIpc) is 2.83. The van der Waals surface area contributed by atoms with Gasteiger partial charge in [0.1, 0.15) is 5.56 Å². The monoisotopic (exact) mass is 429 g/mol. The first-order valence-electron chi connectivity index (χ1n) is 10.4. The number of carbonyl (C=O) groups excluding carboxylic acids is 2. The summed E-state index contributed by atoms with van der Waals surface area (Å²) in [6.07, 6.45) is 1.38. The Kier molecular flexibility index (Phi) is 6.29. The van der Waals surface area contributed by atoms with Crippen molar-refractivity contribution in [2.75, 3.05) is 32.7 Å². The second kappa shape index (κ2) is 9.45. The standard InChI is InChI=1S/C24H23N5O3/c25-13-17-5-7-18(8-6-17)16-28-9-11-29(12-10-28)22(30)15-27-24(32)20-14-26-21-4-2-1-3-19(21)23(20)31/h1-8,14H,9-12,15-16H2,(H,26,31)(H,27,32). The molecule has 1 aliphatic rings. The highest BCUT2D eigenvalue weighted by molar-refractivity contribution is 5.98. The Labute approximate surface area is 185 Å². The number of nitriles is 1. The quantitative estimate of drug-likeness (QED) is 0.638. The van der Waals surface area contributed by atoms with Crippen LogP contribution in [0.25, 0.3) is 10.9 Å². The molecule has 0 aliphatic carbocycles. The first-order valence-corrected chi connectivity index (χ1v) is 10.4. The van der Waals surface area contributed by atoms with Crippen molar-refractivity contribution < 1.29 is 9.59 Å². The number of para-hydroxylation sites is 1. The van der Waals surface area contributed by atoms with Gasteiger partial charge >= 0.3 is 0 Å². The summed E-state index contributed by atoms with van der Waals surface area (Å²) in [7, 11) is 0. The number of carbonyl (C=O) groups is 2. The molecule has 4 rings (SSSR count). The van der Waals surface area contributed by atoms with Gasteiger partial charge in [-0.1, -0.05) is 24.3 Å². The zero-order valence-electron chi connectivity index (χ0n) is 17.5. The Hall–Kier alpha value is -3.96. The van der Waals surface area contributed by atoms with E-state index in [9.17, 15) is 14.4 Å². The number of H-pyrrole nitrogens is 1. The van der Waals surface area contributed by atoms with Crippen LogP contribution in [0, 0.1) is 11.3 Å². The smallest absolute Gasteiger partial charge is 0.257 e. The second-order valence-electron chi connectivity index (χ2n) is 7.73. The number of aromatic amines is 1. The molecule has 0 saturated carbocycles. The summed E-state index contributed by atoms with van der Waals surface area (Å²) in [5, 5.41) is 11.9. The Morgan fingerprint density at radius 2 is 1.75 bits per heavy atom. The fraction of sp³-hybridized carbons (Fsp3) is 0.250. The van der Waals surface area contributed by atoms with Crippen LogP contribution in [-0.4, -0.2) is 59.3 Å². The second-order valence-corrected chi connectivity index (χ2v) is 7.73. The number of piperazine rings is 1. The molecule has 0 spiro atoms. The van der Waals surface area contributed by atoms with Gasteiger partial charge in [-0.25, -0.2) is 0 Å². The van der Waals surface area contributed by atoms with Gasteiger partial charge < -0.3 is 15.2 Å². The van der Waals surface area contributed by atoms with E-state index in [1.165, 1.54) is 6.20 Å². The molecule has 1 aliphatic heterocycles. The number of nitrogens with zero attached hydrogens (tertiary/aromatic N) is 3. The molecule has 0 bridgehead atoms. The Bertz CT molecular complexity index is 1230. The zero-order chi connectivity index (χ0) is 22.5. The van der Waals surface area contributed by atoms with Crippen molar-refractivity contribution in [3.8, 4) is 6.07 Å². The maximum Gasteiger partial charge on any atom is 0.257 e.